The standard InChI is InChI=1S/C11H21NO4/c1-11(2,3)16-10(14)12-9(8-13)6-5-7-15-4/h8-9H,5-7H2,1-4H3,(H,12,14). The lowest BCUT2D eigenvalue weighted by Crippen LogP contribution is -2.40. The molecule has 0 radical (unpaired) electrons. The second kappa shape index (κ2) is 7.22. The molecule has 0 spiro atoms. The van der Waals surface area contributed by atoms with Crippen LogP contribution in [0.25, 0.3) is 0 Å². The summed E-state index contributed by atoms with van der Waals surface area (Å²) in [5.41, 5.74) is -0.552. The highest BCUT2D eigenvalue weighted by Crippen LogP contribution is 2.07. The van der Waals surface area contributed by atoms with Gasteiger partial charge in [0.1, 0.15) is 11.9 Å². The van der Waals surface area contributed by atoms with Crippen molar-refractivity contribution in [3.8, 4) is 0 Å². The van der Waals surface area contributed by atoms with Gasteiger partial charge in [-0.3, -0.25) is 0 Å². The number of amides is 1. The summed E-state index contributed by atoms with van der Waals surface area (Å²) in [6.45, 7) is 5.88. The van der Waals surface area contributed by atoms with Gasteiger partial charge in [0.05, 0.1) is 6.04 Å². The van der Waals surface area contributed by atoms with Crippen molar-refractivity contribution >= 4 is 12.4 Å². The minimum Gasteiger partial charge on any atom is -0.444 e. The fourth-order valence-corrected chi connectivity index (χ4v) is 1.08. The van der Waals surface area contributed by atoms with Gasteiger partial charge in [-0.1, -0.05) is 0 Å². The number of carbonyl (C=O) groups is 2. The molecule has 0 bridgehead atoms. The maximum Gasteiger partial charge on any atom is 0.408 e. The zero-order chi connectivity index (χ0) is 12.6. The average Bonchev–Trinajstić information content (AvgIpc) is 2.13. The van der Waals surface area contributed by atoms with Crippen LogP contribution >= 0.6 is 0 Å². The van der Waals surface area contributed by atoms with Crippen molar-refractivity contribution < 1.29 is 19.1 Å². The van der Waals surface area contributed by atoms with Crippen molar-refractivity contribution in [1.29, 1.82) is 0 Å². The third-order valence-electron chi connectivity index (χ3n) is 1.73. The number of hydrogen-bond acceptors (Lipinski definition) is 4. The number of rotatable bonds is 6. The van der Waals surface area contributed by atoms with Crippen molar-refractivity contribution in [3.63, 3.8) is 0 Å². The molecule has 0 saturated heterocycles. The Hall–Kier alpha value is -1.10. The van der Waals surface area contributed by atoms with Gasteiger partial charge in [-0.2, -0.15) is 0 Å². The molecule has 0 aromatic carbocycles. The Labute approximate surface area is 96.5 Å². The number of aldehydes is 1. The fraction of sp³-hybridized carbons (Fsp3) is 0.818. The van der Waals surface area contributed by atoms with Crippen LogP contribution in [-0.4, -0.2) is 37.7 Å². The first-order chi connectivity index (χ1) is 7.39. The molecule has 0 aromatic rings. The van der Waals surface area contributed by atoms with Gasteiger partial charge in [0, 0.05) is 13.7 Å². The molecule has 1 N–H and O–H groups in total. The molecule has 1 amide bonds. The van der Waals surface area contributed by atoms with Crippen LogP contribution in [0.15, 0.2) is 0 Å². The smallest absolute Gasteiger partial charge is 0.408 e. The second-order valence-electron chi connectivity index (χ2n) is 4.52. The van der Waals surface area contributed by atoms with E-state index >= 15 is 0 Å². The van der Waals surface area contributed by atoms with Crippen molar-refractivity contribution in [3.05, 3.63) is 0 Å². The van der Waals surface area contributed by atoms with Crippen LogP contribution < -0.4 is 5.32 Å². The van der Waals surface area contributed by atoms with Crippen LogP contribution in [0.1, 0.15) is 33.6 Å². The minimum absolute atomic E-state index is 0.509. The average molecular weight is 231 g/mol. The van der Waals surface area contributed by atoms with Gasteiger partial charge in [0.25, 0.3) is 0 Å². The number of alkyl carbamates (subject to hydrolysis) is 1. The number of nitrogens with one attached hydrogen (secondary N) is 1. The highest BCUT2D eigenvalue weighted by Gasteiger charge is 2.18. The van der Waals surface area contributed by atoms with E-state index in [1.807, 2.05) is 0 Å². The lowest BCUT2D eigenvalue weighted by molar-refractivity contribution is -0.109. The first kappa shape index (κ1) is 14.9. The quantitative estimate of drug-likeness (QED) is 0.556. The predicted molar refractivity (Wildman–Crippen MR) is 60.3 cm³/mol. The number of ether oxygens (including phenoxy) is 2. The van der Waals surface area contributed by atoms with E-state index in [1.165, 1.54) is 0 Å². The van der Waals surface area contributed by atoms with Gasteiger partial charge in [-0.25, -0.2) is 4.79 Å². The zero-order valence-corrected chi connectivity index (χ0v) is 10.4. The third kappa shape index (κ3) is 8.23. The van der Waals surface area contributed by atoms with Gasteiger partial charge < -0.3 is 19.6 Å². The summed E-state index contributed by atoms with van der Waals surface area (Å²) < 4.78 is 9.90. The second-order valence-corrected chi connectivity index (χ2v) is 4.52. The van der Waals surface area contributed by atoms with Crippen LogP contribution in [0.2, 0.25) is 0 Å². The van der Waals surface area contributed by atoms with Crippen molar-refractivity contribution in [2.24, 2.45) is 0 Å². The van der Waals surface area contributed by atoms with E-state index in [1.54, 1.807) is 27.9 Å². The normalized spacial score (nSPS) is 13.0. The van der Waals surface area contributed by atoms with Gasteiger partial charge in [-0.15, -0.1) is 0 Å². The Balaban J connectivity index is 3.92. The molecule has 0 heterocycles. The largest absolute Gasteiger partial charge is 0.444 e. The molecular weight excluding hydrogens is 210 g/mol. The summed E-state index contributed by atoms with van der Waals surface area (Å²) in [5, 5.41) is 2.50. The Kier molecular flexibility index (Phi) is 6.72. The Bertz CT molecular complexity index is 223. The highest BCUT2D eigenvalue weighted by molar-refractivity contribution is 5.73. The van der Waals surface area contributed by atoms with E-state index in [0.29, 0.717) is 19.3 Å². The van der Waals surface area contributed by atoms with E-state index in [4.69, 9.17) is 9.47 Å². The van der Waals surface area contributed by atoms with Gasteiger partial charge >= 0.3 is 6.09 Å². The van der Waals surface area contributed by atoms with Crippen LogP contribution in [0.3, 0.4) is 0 Å². The molecular formula is C11H21NO4. The molecule has 5 nitrogen and oxygen atoms in total. The molecule has 1 unspecified atom stereocenters. The molecule has 94 valence electrons. The summed E-state index contributed by atoms with van der Waals surface area (Å²) in [5.74, 6) is 0. The first-order valence-corrected chi connectivity index (χ1v) is 5.33. The molecule has 0 aromatic heterocycles. The van der Waals surface area contributed by atoms with Crippen molar-refractivity contribution in [2.45, 2.75) is 45.3 Å². The number of hydrogen-bond donors (Lipinski definition) is 1. The molecule has 16 heavy (non-hydrogen) atoms. The predicted octanol–water partition coefficient (Wildman–Crippen LogP) is 1.51. The van der Waals surface area contributed by atoms with Crippen LogP contribution in [0.4, 0.5) is 4.79 Å². The topological polar surface area (TPSA) is 64.6 Å². The van der Waals surface area contributed by atoms with E-state index in [-0.39, 0.29) is 0 Å². The molecule has 1 atom stereocenters. The van der Waals surface area contributed by atoms with E-state index in [2.05, 4.69) is 5.32 Å². The summed E-state index contributed by atoms with van der Waals surface area (Å²) in [4.78, 5) is 22.0. The summed E-state index contributed by atoms with van der Waals surface area (Å²) in [7, 11) is 1.59. The summed E-state index contributed by atoms with van der Waals surface area (Å²) >= 11 is 0. The van der Waals surface area contributed by atoms with Crippen LogP contribution in [-0.2, 0) is 14.3 Å². The molecule has 0 saturated carbocycles. The van der Waals surface area contributed by atoms with Crippen LogP contribution in [0, 0.1) is 0 Å². The zero-order valence-electron chi connectivity index (χ0n) is 10.4. The number of methoxy groups -OCH3 is 1. The van der Waals surface area contributed by atoms with E-state index < -0.39 is 17.7 Å². The molecule has 0 rings (SSSR count). The summed E-state index contributed by atoms with van der Waals surface area (Å²) in [6.07, 6.45) is 1.41. The van der Waals surface area contributed by atoms with Gasteiger partial charge in [0.15, 0.2) is 0 Å². The van der Waals surface area contributed by atoms with Crippen LogP contribution in [0.5, 0.6) is 0 Å². The summed E-state index contributed by atoms with van der Waals surface area (Å²) in [6, 6.07) is -0.509. The third-order valence-corrected chi connectivity index (χ3v) is 1.73. The van der Waals surface area contributed by atoms with Crippen molar-refractivity contribution in [1.82, 2.24) is 5.32 Å². The SMILES string of the molecule is COCCCC(C=O)NC(=O)OC(C)(C)C. The maximum atomic E-state index is 11.3. The molecule has 0 aliphatic rings. The fourth-order valence-electron chi connectivity index (χ4n) is 1.08. The molecule has 0 fully saturated rings. The lowest BCUT2D eigenvalue weighted by Gasteiger charge is -2.21. The molecule has 5 heteroatoms. The molecule has 0 aliphatic heterocycles. The van der Waals surface area contributed by atoms with E-state index in [0.717, 1.165) is 6.42 Å². The number of carbonyl (C=O) groups excluding carboxylic acids is 2. The minimum atomic E-state index is -0.568. The first-order valence-electron chi connectivity index (χ1n) is 5.33. The van der Waals surface area contributed by atoms with Gasteiger partial charge in [0.2, 0.25) is 0 Å². The Morgan fingerprint density at radius 1 is 1.44 bits per heavy atom. The Morgan fingerprint density at radius 2 is 2.06 bits per heavy atom. The van der Waals surface area contributed by atoms with Gasteiger partial charge in [-0.05, 0) is 33.6 Å². The molecule has 0 aliphatic carbocycles. The highest BCUT2D eigenvalue weighted by atomic mass is 16.6. The maximum absolute atomic E-state index is 11.3. The lowest BCUT2D eigenvalue weighted by atomic mass is 10.2. The monoisotopic (exact) mass is 231 g/mol. The van der Waals surface area contributed by atoms with E-state index in [9.17, 15) is 9.59 Å². The van der Waals surface area contributed by atoms with Crippen molar-refractivity contribution in [2.75, 3.05) is 13.7 Å². The Morgan fingerprint density at radius 3 is 2.50 bits per heavy atom.